The van der Waals surface area contributed by atoms with Crippen LogP contribution in [0.5, 0.6) is 0 Å². The molecule has 140 valence electrons. The number of carbonyl (C=O) groups is 1. The first-order valence-electron chi connectivity index (χ1n) is 7.04. The van der Waals surface area contributed by atoms with Crippen molar-refractivity contribution in [3.63, 3.8) is 0 Å². The van der Waals surface area contributed by atoms with Gasteiger partial charge in [-0.2, -0.15) is 13.2 Å². The number of benzene rings is 2. The first kappa shape index (κ1) is 20.7. The number of anilines is 1. The zero-order valence-corrected chi connectivity index (χ0v) is 15.9. The number of alkyl halides is 3. The van der Waals surface area contributed by atoms with Crippen molar-refractivity contribution in [3.8, 4) is 0 Å². The van der Waals surface area contributed by atoms with Crippen molar-refractivity contribution < 1.29 is 22.8 Å². The largest absolute Gasteiger partial charge is 0.417 e. The number of carbonyl (C=O) groups excluding carboxylic acids is 1. The van der Waals surface area contributed by atoms with Gasteiger partial charge in [0.25, 0.3) is 5.91 Å². The Labute approximate surface area is 162 Å². The number of rotatable bonds is 5. The van der Waals surface area contributed by atoms with E-state index in [-0.39, 0.29) is 15.5 Å². The fourth-order valence-corrected chi connectivity index (χ4v) is 3.05. The van der Waals surface area contributed by atoms with Crippen molar-refractivity contribution >= 4 is 46.7 Å². The van der Waals surface area contributed by atoms with Crippen molar-refractivity contribution in [1.82, 2.24) is 5.06 Å². The molecule has 0 radical (unpaired) electrons. The van der Waals surface area contributed by atoms with Crippen LogP contribution in [0.4, 0.5) is 18.9 Å². The second-order valence-electron chi connectivity index (χ2n) is 5.02. The number of halogens is 5. The molecule has 0 bridgehead atoms. The Kier molecular flexibility index (Phi) is 6.68. The molecule has 0 saturated heterocycles. The normalized spacial score (nSPS) is 11.3. The molecule has 4 nitrogen and oxygen atoms in total. The smallest absolute Gasteiger partial charge is 0.325 e. The Morgan fingerprint density at radius 1 is 1.19 bits per heavy atom. The summed E-state index contributed by atoms with van der Waals surface area (Å²) in [6.07, 6.45) is -4.56. The van der Waals surface area contributed by atoms with Gasteiger partial charge in [-0.3, -0.25) is 9.63 Å². The molecule has 0 saturated carbocycles. The van der Waals surface area contributed by atoms with E-state index in [1.165, 1.54) is 38.4 Å². The summed E-state index contributed by atoms with van der Waals surface area (Å²) in [6.45, 7) is 0. The van der Waals surface area contributed by atoms with E-state index in [9.17, 15) is 18.0 Å². The van der Waals surface area contributed by atoms with Gasteiger partial charge in [0.15, 0.2) is 0 Å². The van der Waals surface area contributed by atoms with Crippen LogP contribution in [0.3, 0.4) is 0 Å². The topological polar surface area (TPSA) is 41.6 Å². The SMILES string of the molecule is CON(C)C(=O)c1ccc(Cl)cc1NSc1ccc(Cl)c(C(F)(F)F)c1. The maximum atomic E-state index is 12.9. The molecule has 26 heavy (non-hydrogen) atoms. The lowest BCUT2D eigenvalue weighted by Crippen LogP contribution is -2.26. The lowest BCUT2D eigenvalue weighted by molar-refractivity contribution is -0.137. The van der Waals surface area contributed by atoms with E-state index in [1.54, 1.807) is 0 Å². The first-order valence-corrected chi connectivity index (χ1v) is 8.62. The average Bonchev–Trinajstić information content (AvgIpc) is 2.58. The Bertz CT molecular complexity index is 819. The number of nitrogens with zero attached hydrogens (tertiary/aromatic N) is 1. The van der Waals surface area contributed by atoms with E-state index < -0.39 is 17.6 Å². The third-order valence-corrected chi connectivity index (χ3v) is 4.67. The molecule has 2 rings (SSSR count). The van der Waals surface area contributed by atoms with Gasteiger partial charge in [0, 0.05) is 17.0 Å². The summed E-state index contributed by atoms with van der Waals surface area (Å²) >= 11 is 12.4. The highest BCUT2D eigenvalue weighted by molar-refractivity contribution is 8.00. The molecule has 0 spiro atoms. The van der Waals surface area contributed by atoms with Crippen LogP contribution in [-0.2, 0) is 11.0 Å². The second kappa shape index (κ2) is 8.39. The van der Waals surface area contributed by atoms with Gasteiger partial charge in [-0.05, 0) is 48.3 Å². The van der Waals surface area contributed by atoms with E-state index in [0.717, 1.165) is 29.1 Å². The van der Waals surface area contributed by atoms with Crippen LogP contribution in [0.2, 0.25) is 10.0 Å². The number of hydroxylamine groups is 2. The molecule has 10 heteroatoms. The highest BCUT2D eigenvalue weighted by atomic mass is 35.5. The van der Waals surface area contributed by atoms with Gasteiger partial charge >= 0.3 is 6.18 Å². The fourth-order valence-electron chi connectivity index (χ4n) is 1.94. The summed E-state index contributed by atoms with van der Waals surface area (Å²) < 4.78 is 41.7. The number of hydrogen-bond donors (Lipinski definition) is 1. The first-order chi connectivity index (χ1) is 12.1. The van der Waals surface area contributed by atoms with E-state index in [1.807, 2.05) is 0 Å². The number of hydrogen-bond acceptors (Lipinski definition) is 4. The van der Waals surface area contributed by atoms with Crippen molar-refractivity contribution in [1.29, 1.82) is 0 Å². The minimum absolute atomic E-state index is 0.247. The molecule has 2 aromatic rings. The summed E-state index contributed by atoms with van der Waals surface area (Å²) in [4.78, 5) is 17.4. The molecule has 1 amide bonds. The molecule has 1 N–H and O–H groups in total. The van der Waals surface area contributed by atoms with Crippen LogP contribution >= 0.6 is 35.1 Å². The Hall–Kier alpha value is -1.61. The summed E-state index contributed by atoms with van der Waals surface area (Å²) in [6, 6.07) is 8.03. The molecular weight excluding hydrogens is 412 g/mol. The van der Waals surface area contributed by atoms with Gasteiger partial charge in [-0.25, -0.2) is 5.06 Å². The molecule has 0 aliphatic heterocycles. The molecule has 0 heterocycles. The number of nitrogens with one attached hydrogen (secondary N) is 1. The van der Waals surface area contributed by atoms with Crippen molar-refractivity contribution in [3.05, 3.63) is 57.6 Å². The van der Waals surface area contributed by atoms with Crippen molar-refractivity contribution in [2.75, 3.05) is 18.9 Å². The third-order valence-electron chi connectivity index (χ3n) is 3.29. The van der Waals surface area contributed by atoms with Crippen molar-refractivity contribution in [2.24, 2.45) is 0 Å². The summed E-state index contributed by atoms with van der Waals surface area (Å²) in [5, 5.41) is 0.988. The monoisotopic (exact) mass is 424 g/mol. The van der Waals surface area contributed by atoms with Gasteiger partial charge in [0.2, 0.25) is 0 Å². The molecule has 0 aromatic heterocycles. The van der Waals surface area contributed by atoms with E-state index in [0.29, 0.717) is 10.7 Å². The Balaban J connectivity index is 2.27. The van der Waals surface area contributed by atoms with Gasteiger partial charge < -0.3 is 4.72 Å². The summed E-state index contributed by atoms with van der Waals surface area (Å²) in [5.41, 5.74) is -0.358. The van der Waals surface area contributed by atoms with Gasteiger partial charge in [-0.1, -0.05) is 23.2 Å². The zero-order valence-electron chi connectivity index (χ0n) is 13.5. The molecular formula is C16H13Cl2F3N2O2S. The summed E-state index contributed by atoms with van der Waals surface area (Å²) in [7, 11) is 2.77. The van der Waals surface area contributed by atoms with Crippen LogP contribution in [0, 0.1) is 0 Å². The standard InChI is InChI=1S/C16H13Cl2F3N2O2S/c1-23(25-2)15(24)11-5-3-9(17)7-14(11)22-26-10-4-6-13(18)12(8-10)16(19,20)21/h3-8,22H,1-2H3. The van der Waals surface area contributed by atoms with Gasteiger partial charge in [0.05, 0.1) is 28.9 Å². The predicted octanol–water partition coefficient (Wildman–Crippen LogP) is 5.76. The number of amides is 1. The van der Waals surface area contributed by atoms with E-state index >= 15 is 0 Å². The predicted molar refractivity (Wildman–Crippen MR) is 96.5 cm³/mol. The van der Waals surface area contributed by atoms with Crippen LogP contribution < -0.4 is 4.72 Å². The Morgan fingerprint density at radius 3 is 2.50 bits per heavy atom. The average molecular weight is 425 g/mol. The maximum Gasteiger partial charge on any atom is 0.417 e. The maximum absolute atomic E-state index is 12.9. The lowest BCUT2D eigenvalue weighted by Gasteiger charge is -2.17. The molecule has 0 fully saturated rings. The molecule has 2 aromatic carbocycles. The lowest BCUT2D eigenvalue weighted by atomic mass is 10.1. The van der Waals surface area contributed by atoms with E-state index in [2.05, 4.69) is 4.72 Å². The highest BCUT2D eigenvalue weighted by Crippen LogP contribution is 2.37. The Morgan fingerprint density at radius 2 is 1.88 bits per heavy atom. The molecule has 0 unspecified atom stereocenters. The second-order valence-corrected chi connectivity index (χ2v) is 6.74. The van der Waals surface area contributed by atoms with Gasteiger partial charge in [-0.15, -0.1) is 0 Å². The van der Waals surface area contributed by atoms with Crippen LogP contribution in [0.15, 0.2) is 41.3 Å². The van der Waals surface area contributed by atoms with Crippen LogP contribution in [0.1, 0.15) is 15.9 Å². The zero-order chi connectivity index (χ0) is 19.5. The van der Waals surface area contributed by atoms with Crippen LogP contribution in [-0.4, -0.2) is 25.1 Å². The van der Waals surface area contributed by atoms with E-state index in [4.69, 9.17) is 28.0 Å². The molecule has 0 aliphatic carbocycles. The quantitative estimate of drug-likeness (QED) is 0.488. The molecule has 0 atom stereocenters. The van der Waals surface area contributed by atoms with Crippen LogP contribution in [0.25, 0.3) is 0 Å². The van der Waals surface area contributed by atoms with Crippen molar-refractivity contribution in [2.45, 2.75) is 11.1 Å². The minimum Gasteiger partial charge on any atom is -0.325 e. The minimum atomic E-state index is -4.56. The molecule has 0 aliphatic rings. The summed E-state index contributed by atoms with van der Waals surface area (Å²) in [5.74, 6) is -0.445. The highest BCUT2D eigenvalue weighted by Gasteiger charge is 2.33. The third kappa shape index (κ3) is 4.97. The van der Waals surface area contributed by atoms with Gasteiger partial charge in [0.1, 0.15) is 0 Å². The fraction of sp³-hybridized carbons (Fsp3) is 0.188.